The van der Waals surface area contributed by atoms with Crippen LogP contribution in [0.25, 0.3) is 10.9 Å². The Morgan fingerprint density at radius 1 is 1.25 bits per heavy atom. The highest BCUT2D eigenvalue weighted by Gasteiger charge is 2.10. The molecule has 4 nitrogen and oxygen atoms in total. The fourth-order valence-electron chi connectivity index (χ4n) is 2.46. The zero-order valence-corrected chi connectivity index (χ0v) is 13.7. The van der Waals surface area contributed by atoms with Crippen molar-refractivity contribution in [1.29, 1.82) is 0 Å². The molecule has 3 rings (SSSR count). The largest absolute Gasteiger partial charge is 0.462 e. The van der Waals surface area contributed by atoms with Crippen LogP contribution in [0.3, 0.4) is 0 Å². The van der Waals surface area contributed by atoms with Gasteiger partial charge in [-0.2, -0.15) is 0 Å². The number of esters is 1. The molecule has 24 heavy (non-hydrogen) atoms. The number of hydrogen-bond acceptors (Lipinski definition) is 4. The first-order valence-electron chi connectivity index (χ1n) is 7.42. The van der Waals surface area contributed by atoms with E-state index in [-0.39, 0.29) is 5.52 Å². The average molecular weight is 345 g/mol. The van der Waals surface area contributed by atoms with Crippen LogP contribution >= 0.6 is 11.6 Å². The third kappa shape index (κ3) is 3.51. The fraction of sp³-hybridized carbons (Fsp3) is 0.167. The molecule has 1 aromatic carbocycles. The molecule has 0 saturated heterocycles. The van der Waals surface area contributed by atoms with Crippen LogP contribution in [-0.4, -0.2) is 22.5 Å². The lowest BCUT2D eigenvalue weighted by atomic mass is 10.0. The molecule has 2 aromatic heterocycles. The highest BCUT2D eigenvalue weighted by molar-refractivity contribution is 6.31. The Kier molecular flexibility index (Phi) is 4.71. The molecule has 0 spiro atoms. The maximum absolute atomic E-state index is 14.2. The minimum absolute atomic E-state index is 0.274. The van der Waals surface area contributed by atoms with Crippen LogP contribution in [0.15, 0.2) is 42.7 Å². The second kappa shape index (κ2) is 6.93. The minimum atomic E-state index is -0.416. The predicted molar refractivity (Wildman–Crippen MR) is 89.7 cm³/mol. The van der Waals surface area contributed by atoms with Crippen molar-refractivity contribution < 1.29 is 13.9 Å². The molecule has 0 N–H and O–H groups in total. The molecule has 0 unspecified atom stereocenters. The third-order valence-corrected chi connectivity index (χ3v) is 3.68. The molecule has 6 heteroatoms. The van der Waals surface area contributed by atoms with Gasteiger partial charge in [-0.15, -0.1) is 0 Å². The zero-order valence-electron chi connectivity index (χ0n) is 12.9. The van der Waals surface area contributed by atoms with Gasteiger partial charge in [-0.3, -0.25) is 9.97 Å². The lowest BCUT2D eigenvalue weighted by Crippen LogP contribution is -2.06. The maximum atomic E-state index is 14.2. The van der Waals surface area contributed by atoms with Gasteiger partial charge in [0.1, 0.15) is 11.3 Å². The second-order valence-corrected chi connectivity index (χ2v) is 5.67. The van der Waals surface area contributed by atoms with Gasteiger partial charge < -0.3 is 4.74 Å². The topological polar surface area (TPSA) is 52.1 Å². The molecule has 2 heterocycles. The molecule has 0 aliphatic heterocycles. The Bertz CT molecular complexity index is 915. The molecule has 0 aliphatic carbocycles. The molecule has 0 aliphatic rings. The molecular formula is C18H14ClFN2O2. The van der Waals surface area contributed by atoms with Crippen molar-refractivity contribution in [3.05, 3.63) is 70.4 Å². The summed E-state index contributed by atoms with van der Waals surface area (Å²) < 4.78 is 19.2. The average Bonchev–Trinajstić information content (AvgIpc) is 2.55. The number of nitrogens with zero attached hydrogens (tertiary/aromatic N) is 2. The first-order chi connectivity index (χ1) is 11.6. The van der Waals surface area contributed by atoms with E-state index in [9.17, 15) is 9.18 Å². The Morgan fingerprint density at radius 2 is 2.08 bits per heavy atom. The minimum Gasteiger partial charge on any atom is -0.462 e. The first kappa shape index (κ1) is 16.3. The van der Waals surface area contributed by atoms with Crippen LogP contribution in [-0.2, 0) is 11.2 Å². The number of benzene rings is 1. The molecule has 0 amide bonds. The van der Waals surface area contributed by atoms with Crippen LogP contribution in [0.5, 0.6) is 0 Å². The van der Waals surface area contributed by atoms with Crippen molar-refractivity contribution in [2.45, 2.75) is 13.3 Å². The summed E-state index contributed by atoms with van der Waals surface area (Å²) in [6.45, 7) is 2.05. The molecule has 0 fully saturated rings. The van der Waals surface area contributed by atoms with Gasteiger partial charge in [0.15, 0.2) is 0 Å². The number of halogens is 2. The number of carbonyl (C=O) groups is 1. The highest BCUT2D eigenvalue weighted by atomic mass is 35.5. The van der Waals surface area contributed by atoms with E-state index in [1.807, 2.05) is 6.07 Å². The van der Waals surface area contributed by atoms with E-state index < -0.39 is 11.8 Å². The molecule has 0 bridgehead atoms. The number of carbonyl (C=O) groups excluding carboxylic acids is 1. The smallest absolute Gasteiger partial charge is 0.338 e. The Balaban J connectivity index is 1.92. The van der Waals surface area contributed by atoms with Crippen molar-refractivity contribution in [3.8, 4) is 0 Å². The van der Waals surface area contributed by atoms with Gasteiger partial charge in [-0.1, -0.05) is 11.6 Å². The molecule has 0 saturated carbocycles. The molecular weight excluding hydrogens is 331 g/mol. The molecule has 0 radical (unpaired) electrons. The van der Waals surface area contributed by atoms with Crippen LogP contribution in [0.2, 0.25) is 5.02 Å². The SMILES string of the molecule is CCOC(=O)c1ccnc(Cc2cc(F)c3ncc(Cl)cc3c2)c1. The predicted octanol–water partition coefficient (Wildman–Crippen LogP) is 4.19. The van der Waals surface area contributed by atoms with Gasteiger partial charge >= 0.3 is 5.97 Å². The van der Waals surface area contributed by atoms with Crippen molar-refractivity contribution in [2.75, 3.05) is 6.61 Å². The van der Waals surface area contributed by atoms with Crippen LogP contribution in [0.1, 0.15) is 28.5 Å². The Hall–Kier alpha value is -2.53. The van der Waals surface area contributed by atoms with E-state index >= 15 is 0 Å². The van der Waals surface area contributed by atoms with Crippen molar-refractivity contribution in [2.24, 2.45) is 0 Å². The Labute approximate surface area is 143 Å². The normalized spacial score (nSPS) is 10.8. The maximum Gasteiger partial charge on any atom is 0.338 e. The summed E-state index contributed by atoms with van der Waals surface area (Å²) in [5.74, 6) is -0.817. The molecule has 3 aromatic rings. The molecule has 122 valence electrons. The van der Waals surface area contributed by atoms with Gasteiger partial charge in [0.25, 0.3) is 0 Å². The quantitative estimate of drug-likeness (QED) is 0.666. The van der Waals surface area contributed by atoms with Gasteiger partial charge in [0.2, 0.25) is 0 Å². The first-order valence-corrected chi connectivity index (χ1v) is 7.80. The number of rotatable bonds is 4. The van der Waals surface area contributed by atoms with Crippen LogP contribution in [0.4, 0.5) is 4.39 Å². The number of ether oxygens (including phenoxy) is 1. The highest BCUT2D eigenvalue weighted by Crippen LogP contribution is 2.22. The van der Waals surface area contributed by atoms with E-state index in [1.165, 1.54) is 18.5 Å². The van der Waals surface area contributed by atoms with E-state index in [4.69, 9.17) is 16.3 Å². The lowest BCUT2D eigenvalue weighted by Gasteiger charge is -2.07. The summed E-state index contributed by atoms with van der Waals surface area (Å²) in [7, 11) is 0. The van der Waals surface area contributed by atoms with E-state index in [0.717, 1.165) is 5.56 Å². The van der Waals surface area contributed by atoms with E-state index in [1.54, 1.807) is 25.1 Å². The van der Waals surface area contributed by atoms with Crippen molar-refractivity contribution in [1.82, 2.24) is 9.97 Å². The zero-order chi connectivity index (χ0) is 17.1. The number of hydrogen-bond donors (Lipinski definition) is 0. The standard InChI is InChI=1S/C18H14ClFN2O2/c1-2-24-18(23)12-3-4-21-15(9-12)6-11-5-13-8-14(19)10-22-17(13)16(20)7-11/h3-5,7-10H,2,6H2,1H3. The second-order valence-electron chi connectivity index (χ2n) is 5.24. The summed E-state index contributed by atoms with van der Waals surface area (Å²) in [5.41, 5.74) is 2.07. The number of fused-ring (bicyclic) bond motifs is 1. The number of aromatic nitrogens is 2. The van der Waals surface area contributed by atoms with Gasteiger partial charge in [-0.25, -0.2) is 9.18 Å². The summed E-state index contributed by atoms with van der Waals surface area (Å²) in [4.78, 5) is 20.0. The van der Waals surface area contributed by atoms with E-state index in [2.05, 4.69) is 9.97 Å². The summed E-state index contributed by atoms with van der Waals surface area (Å²) in [5, 5.41) is 1.07. The van der Waals surface area contributed by atoms with Gasteiger partial charge in [0.05, 0.1) is 17.2 Å². The van der Waals surface area contributed by atoms with Crippen molar-refractivity contribution in [3.63, 3.8) is 0 Å². The van der Waals surface area contributed by atoms with Crippen molar-refractivity contribution >= 4 is 28.5 Å². The molecule has 0 atom stereocenters. The lowest BCUT2D eigenvalue weighted by molar-refractivity contribution is 0.0526. The van der Waals surface area contributed by atoms with Crippen LogP contribution < -0.4 is 0 Å². The number of pyridine rings is 2. The van der Waals surface area contributed by atoms with Gasteiger partial charge in [-0.05, 0) is 42.8 Å². The van der Waals surface area contributed by atoms with Crippen LogP contribution in [0, 0.1) is 5.82 Å². The van der Waals surface area contributed by atoms with E-state index in [0.29, 0.717) is 34.7 Å². The fourth-order valence-corrected chi connectivity index (χ4v) is 2.63. The monoisotopic (exact) mass is 344 g/mol. The summed E-state index contributed by atoms with van der Waals surface area (Å²) in [6, 6.07) is 8.14. The van der Waals surface area contributed by atoms with Gasteiger partial charge in [0, 0.05) is 29.9 Å². The summed E-state index contributed by atoms with van der Waals surface area (Å²) >= 11 is 5.92. The third-order valence-electron chi connectivity index (χ3n) is 3.48. The Morgan fingerprint density at radius 3 is 2.88 bits per heavy atom. The summed E-state index contributed by atoms with van der Waals surface area (Å²) in [6.07, 6.45) is 3.33.